The Morgan fingerprint density at radius 2 is 1.78 bits per heavy atom. The molecule has 0 fully saturated rings. The van der Waals surface area contributed by atoms with Crippen LogP contribution >= 0.6 is 0 Å². The maximum absolute atomic E-state index is 5.76. The molecule has 0 unspecified atom stereocenters. The van der Waals surface area contributed by atoms with Crippen molar-refractivity contribution in [2.45, 2.75) is 53.1 Å². The van der Waals surface area contributed by atoms with E-state index < -0.39 is 0 Å². The molecule has 4 nitrogen and oxygen atoms in total. The van der Waals surface area contributed by atoms with Gasteiger partial charge >= 0.3 is 0 Å². The molecule has 0 bridgehead atoms. The third kappa shape index (κ3) is 4.01. The van der Waals surface area contributed by atoms with Gasteiger partial charge in [-0.1, -0.05) is 20.8 Å². The number of hydrogen-bond donors (Lipinski definition) is 0. The molecule has 0 atom stereocenters. The fourth-order valence-corrected chi connectivity index (χ4v) is 2.48. The second kappa shape index (κ2) is 6.57. The van der Waals surface area contributed by atoms with Gasteiger partial charge < -0.3 is 9.47 Å². The number of rotatable bonds is 4. The van der Waals surface area contributed by atoms with Crippen LogP contribution < -0.4 is 9.47 Å². The van der Waals surface area contributed by atoms with Gasteiger partial charge in [0.2, 0.25) is 0 Å². The van der Waals surface area contributed by atoms with Gasteiger partial charge in [-0.25, -0.2) is 4.98 Å². The highest BCUT2D eigenvalue weighted by atomic mass is 16.5. The van der Waals surface area contributed by atoms with E-state index in [0.717, 1.165) is 28.4 Å². The van der Waals surface area contributed by atoms with Crippen LogP contribution in [-0.4, -0.2) is 23.2 Å². The summed E-state index contributed by atoms with van der Waals surface area (Å²) in [5, 5.41) is 0. The Bertz CT molecular complexity index is 688. The van der Waals surface area contributed by atoms with Gasteiger partial charge in [-0.3, -0.25) is 4.98 Å². The minimum atomic E-state index is -0.0438. The van der Waals surface area contributed by atoms with Crippen LogP contribution in [0.2, 0.25) is 0 Å². The Kier molecular flexibility index (Phi) is 4.93. The molecule has 1 aromatic carbocycles. The van der Waals surface area contributed by atoms with Gasteiger partial charge in [0.1, 0.15) is 0 Å². The molecule has 1 heterocycles. The number of methoxy groups -OCH3 is 1. The summed E-state index contributed by atoms with van der Waals surface area (Å²) in [5.74, 6) is 1.44. The average Bonchev–Trinajstić information content (AvgIpc) is 2.46. The fourth-order valence-electron chi connectivity index (χ4n) is 2.48. The molecule has 0 aliphatic rings. The van der Waals surface area contributed by atoms with Crippen LogP contribution in [0, 0.1) is 6.92 Å². The van der Waals surface area contributed by atoms with E-state index in [2.05, 4.69) is 25.8 Å². The van der Waals surface area contributed by atoms with E-state index in [1.54, 1.807) is 7.11 Å². The van der Waals surface area contributed by atoms with Crippen molar-refractivity contribution < 1.29 is 9.47 Å². The van der Waals surface area contributed by atoms with Gasteiger partial charge in [0.25, 0.3) is 0 Å². The van der Waals surface area contributed by atoms with Gasteiger partial charge in [0.05, 0.1) is 36.5 Å². The summed E-state index contributed by atoms with van der Waals surface area (Å²) in [6.45, 7) is 12.4. The topological polar surface area (TPSA) is 44.2 Å². The summed E-state index contributed by atoms with van der Waals surface area (Å²) in [6.07, 6.45) is 1.91. The van der Waals surface area contributed by atoms with Crippen LogP contribution in [0.25, 0.3) is 11.3 Å². The Balaban J connectivity index is 2.47. The molecule has 0 aliphatic carbocycles. The molecule has 2 rings (SSSR count). The fraction of sp³-hybridized carbons (Fsp3) is 0.474. The molecule has 23 heavy (non-hydrogen) atoms. The molecular weight excluding hydrogens is 288 g/mol. The quantitative estimate of drug-likeness (QED) is 0.830. The molecule has 2 aromatic rings. The van der Waals surface area contributed by atoms with Crippen molar-refractivity contribution in [3.8, 4) is 22.8 Å². The van der Waals surface area contributed by atoms with Crippen molar-refractivity contribution in [3.63, 3.8) is 0 Å². The summed E-state index contributed by atoms with van der Waals surface area (Å²) in [4.78, 5) is 9.33. The van der Waals surface area contributed by atoms with Gasteiger partial charge in [-0.05, 0) is 39.0 Å². The number of hydrogen-bond acceptors (Lipinski definition) is 4. The maximum Gasteiger partial charge on any atom is 0.161 e. The standard InChI is InChI=1S/C19H26N2O2/c1-12(2)23-16-9-8-14(10-17(16)22-7)15-11-20-13(3)18(21-15)19(4,5)6/h8-12H,1-7H3. The zero-order chi connectivity index (χ0) is 17.2. The van der Waals surface area contributed by atoms with Crippen molar-refractivity contribution in [1.82, 2.24) is 9.97 Å². The first kappa shape index (κ1) is 17.3. The lowest BCUT2D eigenvalue weighted by molar-refractivity contribution is 0.230. The Hall–Kier alpha value is -2.10. The molecule has 0 spiro atoms. The van der Waals surface area contributed by atoms with Gasteiger partial charge in [0, 0.05) is 11.0 Å². The first-order valence-electron chi connectivity index (χ1n) is 7.91. The Morgan fingerprint density at radius 3 is 2.35 bits per heavy atom. The summed E-state index contributed by atoms with van der Waals surface area (Å²) in [5.41, 5.74) is 3.74. The molecular formula is C19H26N2O2. The summed E-state index contributed by atoms with van der Waals surface area (Å²) in [7, 11) is 1.65. The zero-order valence-electron chi connectivity index (χ0n) is 15.1. The minimum Gasteiger partial charge on any atom is -0.493 e. The summed E-state index contributed by atoms with van der Waals surface area (Å²) >= 11 is 0. The molecule has 0 radical (unpaired) electrons. The third-order valence-corrected chi connectivity index (χ3v) is 3.49. The first-order valence-corrected chi connectivity index (χ1v) is 7.91. The lowest BCUT2D eigenvalue weighted by Crippen LogP contribution is -2.16. The van der Waals surface area contributed by atoms with Crippen molar-refractivity contribution in [1.29, 1.82) is 0 Å². The monoisotopic (exact) mass is 314 g/mol. The first-order chi connectivity index (χ1) is 10.7. The van der Waals surface area contributed by atoms with E-state index in [1.165, 1.54) is 0 Å². The van der Waals surface area contributed by atoms with Crippen molar-refractivity contribution in [3.05, 3.63) is 35.8 Å². The normalized spacial score (nSPS) is 11.7. The maximum atomic E-state index is 5.76. The van der Waals surface area contributed by atoms with Gasteiger partial charge in [-0.2, -0.15) is 0 Å². The van der Waals surface area contributed by atoms with E-state index in [4.69, 9.17) is 14.5 Å². The highest BCUT2D eigenvalue weighted by Crippen LogP contribution is 2.33. The number of aryl methyl sites for hydroxylation is 1. The van der Waals surface area contributed by atoms with E-state index in [-0.39, 0.29) is 11.5 Å². The lowest BCUT2D eigenvalue weighted by atomic mass is 9.90. The SMILES string of the molecule is COc1cc(-c2cnc(C)c(C(C)(C)C)n2)ccc1OC(C)C. The predicted octanol–water partition coefficient (Wildman–Crippen LogP) is 4.55. The van der Waals surface area contributed by atoms with Crippen LogP contribution in [0.5, 0.6) is 11.5 Å². The molecule has 0 N–H and O–H groups in total. The van der Waals surface area contributed by atoms with E-state index >= 15 is 0 Å². The molecule has 0 aliphatic heterocycles. The van der Waals surface area contributed by atoms with Crippen LogP contribution in [-0.2, 0) is 5.41 Å². The van der Waals surface area contributed by atoms with Crippen molar-refractivity contribution in [2.75, 3.05) is 7.11 Å². The highest BCUT2D eigenvalue weighted by Gasteiger charge is 2.20. The Morgan fingerprint density at radius 1 is 1.09 bits per heavy atom. The number of aromatic nitrogens is 2. The average molecular weight is 314 g/mol. The van der Waals surface area contributed by atoms with Crippen LogP contribution in [0.4, 0.5) is 0 Å². The molecule has 124 valence electrons. The molecule has 4 heteroatoms. The molecule has 0 amide bonds. The molecule has 0 saturated heterocycles. The zero-order valence-corrected chi connectivity index (χ0v) is 15.1. The lowest BCUT2D eigenvalue weighted by Gasteiger charge is -2.20. The predicted molar refractivity (Wildman–Crippen MR) is 93.2 cm³/mol. The minimum absolute atomic E-state index is 0.0438. The van der Waals surface area contributed by atoms with Crippen molar-refractivity contribution >= 4 is 0 Å². The second-order valence-corrected chi connectivity index (χ2v) is 6.97. The van der Waals surface area contributed by atoms with Crippen LogP contribution in [0.3, 0.4) is 0 Å². The van der Waals surface area contributed by atoms with Gasteiger partial charge in [-0.15, -0.1) is 0 Å². The number of nitrogens with zero attached hydrogens (tertiary/aromatic N) is 2. The van der Waals surface area contributed by atoms with E-state index in [1.807, 2.05) is 45.2 Å². The van der Waals surface area contributed by atoms with Crippen LogP contribution in [0.1, 0.15) is 46.0 Å². The van der Waals surface area contributed by atoms with Gasteiger partial charge in [0.15, 0.2) is 11.5 Å². The van der Waals surface area contributed by atoms with E-state index in [0.29, 0.717) is 5.75 Å². The van der Waals surface area contributed by atoms with Crippen molar-refractivity contribution in [2.24, 2.45) is 0 Å². The molecule has 0 saturated carbocycles. The number of ether oxygens (including phenoxy) is 2. The third-order valence-electron chi connectivity index (χ3n) is 3.49. The Labute approximate surface area is 138 Å². The molecule has 1 aromatic heterocycles. The smallest absolute Gasteiger partial charge is 0.161 e. The highest BCUT2D eigenvalue weighted by molar-refractivity contribution is 5.63. The summed E-state index contributed by atoms with van der Waals surface area (Å²) < 4.78 is 11.2. The summed E-state index contributed by atoms with van der Waals surface area (Å²) in [6, 6.07) is 5.86. The second-order valence-electron chi connectivity index (χ2n) is 6.97. The van der Waals surface area contributed by atoms with Crippen LogP contribution in [0.15, 0.2) is 24.4 Å². The number of benzene rings is 1. The van der Waals surface area contributed by atoms with E-state index in [9.17, 15) is 0 Å². The largest absolute Gasteiger partial charge is 0.493 e.